The molecule has 1 saturated heterocycles. The van der Waals surface area contributed by atoms with E-state index in [1.54, 1.807) is 0 Å². The van der Waals surface area contributed by atoms with Crippen molar-refractivity contribution < 1.29 is 0 Å². The van der Waals surface area contributed by atoms with Crippen LogP contribution in [0.5, 0.6) is 0 Å². The van der Waals surface area contributed by atoms with Crippen LogP contribution in [0.25, 0.3) is 0 Å². The van der Waals surface area contributed by atoms with Gasteiger partial charge in [-0.15, -0.1) is 11.3 Å². The van der Waals surface area contributed by atoms with Gasteiger partial charge in [-0.1, -0.05) is 12.5 Å². The molecule has 3 atom stereocenters. The van der Waals surface area contributed by atoms with E-state index in [-0.39, 0.29) is 0 Å². The van der Waals surface area contributed by atoms with Gasteiger partial charge in [-0.2, -0.15) is 0 Å². The van der Waals surface area contributed by atoms with E-state index in [0.29, 0.717) is 0 Å². The lowest BCUT2D eigenvalue weighted by atomic mass is 9.77. The van der Waals surface area contributed by atoms with Gasteiger partial charge in [-0.3, -0.25) is 4.90 Å². The van der Waals surface area contributed by atoms with E-state index < -0.39 is 0 Å². The highest BCUT2D eigenvalue weighted by Gasteiger charge is 2.38. The molecule has 0 spiro atoms. The van der Waals surface area contributed by atoms with Crippen molar-refractivity contribution in [1.82, 2.24) is 10.2 Å². The minimum atomic E-state index is 0.797. The van der Waals surface area contributed by atoms with Crippen LogP contribution in [0.4, 0.5) is 0 Å². The minimum Gasteiger partial charge on any atom is -0.316 e. The highest BCUT2D eigenvalue weighted by molar-refractivity contribution is 7.09. The van der Waals surface area contributed by atoms with E-state index in [2.05, 4.69) is 34.8 Å². The molecule has 1 N–H and O–H groups in total. The second kappa shape index (κ2) is 5.09. The van der Waals surface area contributed by atoms with Crippen LogP contribution < -0.4 is 5.32 Å². The van der Waals surface area contributed by atoms with E-state index in [0.717, 1.165) is 24.4 Å². The molecule has 0 amide bonds. The Bertz CT molecular complexity index is 349. The maximum absolute atomic E-state index is 3.58. The topological polar surface area (TPSA) is 15.3 Å². The molecule has 3 heteroatoms. The van der Waals surface area contributed by atoms with Crippen molar-refractivity contribution in [2.45, 2.75) is 31.8 Å². The summed E-state index contributed by atoms with van der Waals surface area (Å²) in [4.78, 5) is 4.09. The number of rotatable bonds is 3. The molecule has 1 aliphatic heterocycles. The lowest BCUT2D eigenvalue weighted by Gasteiger charge is -2.39. The number of nitrogens with zero attached hydrogens (tertiary/aromatic N) is 1. The summed E-state index contributed by atoms with van der Waals surface area (Å²) in [6.07, 6.45) is 4.26. The summed E-state index contributed by atoms with van der Waals surface area (Å²) >= 11 is 1.88. The second-order valence-corrected chi connectivity index (χ2v) is 6.61. The lowest BCUT2D eigenvalue weighted by Crippen LogP contribution is -2.43. The van der Waals surface area contributed by atoms with Crippen LogP contribution in [-0.4, -0.2) is 31.1 Å². The van der Waals surface area contributed by atoms with Crippen LogP contribution in [-0.2, 0) is 6.54 Å². The van der Waals surface area contributed by atoms with Gasteiger partial charge in [0.25, 0.3) is 0 Å². The Kier molecular flexibility index (Phi) is 3.50. The smallest absolute Gasteiger partial charge is 0.0327 e. The van der Waals surface area contributed by atoms with Gasteiger partial charge in [0.15, 0.2) is 0 Å². The Hall–Kier alpha value is -0.380. The normalized spacial score (nSPS) is 32.9. The van der Waals surface area contributed by atoms with Crippen LogP contribution in [0, 0.1) is 11.8 Å². The summed E-state index contributed by atoms with van der Waals surface area (Å²) < 4.78 is 0. The zero-order valence-electron chi connectivity index (χ0n) is 10.6. The maximum atomic E-state index is 3.58. The van der Waals surface area contributed by atoms with Gasteiger partial charge in [-0.05, 0) is 56.3 Å². The molecular formula is C14H22N2S. The molecule has 3 rings (SSSR count). The van der Waals surface area contributed by atoms with Gasteiger partial charge in [0.2, 0.25) is 0 Å². The first-order valence-electron chi connectivity index (χ1n) is 6.78. The third kappa shape index (κ3) is 2.42. The Balaban J connectivity index is 1.66. The molecule has 0 radical (unpaired) electrons. The number of nitrogens with one attached hydrogen (secondary N) is 1. The number of hydrogen-bond donors (Lipinski definition) is 1. The van der Waals surface area contributed by atoms with E-state index in [1.807, 2.05) is 11.3 Å². The van der Waals surface area contributed by atoms with Crippen LogP contribution in [0.2, 0.25) is 0 Å². The molecule has 2 heterocycles. The average Bonchev–Trinajstić information content (AvgIpc) is 2.97. The Labute approximate surface area is 108 Å². The lowest BCUT2D eigenvalue weighted by molar-refractivity contribution is 0.107. The predicted octanol–water partition coefficient (Wildman–Crippen LogP) is 2.57. The van der Waals surface area contributed by atoms with Gasteiger partial charge < -0.3 is 5.32 Å². The summed E-state index contributed by atoms with van der Waals surface area (Å²) in [6.45, 7) is 3.63. The average molecular weight is 250 g/mol. The quantitative estimate of drug-likeness (QED) is 0.887. The van der Waals surface area contributed by atoms with Crippen molar-refractivity contribution in [2.24, 2.45) is 11.8 Å². The molecule has 2 aliphatic rings. The monoisotopic (exact) mass is 250 g/mol. The molecule has 1 saturated carbocycles. The first-order valence-corrected chi connectivity index (χ1v) is 7.66. The summed E-state index contributed by atoms with van der Waals surface area (Å²) in [5, 5.41) is 5.77. The van der Waals surface area contributed by atoms with Crippen molar-refractivity contribution in [3.8, 4) is 0 Å². The molecule has 1 aromatic heterocycles. The molecule has 0 bridgehead atoms. The first kappa shape index (κ1) is 11.7. The second-order valence-electron chi connectivity index (χ2n) is 5.57. The van der Waals surface area contributed by atoms with Crippen LogP contribution in [0.1, 0.15) is 24.1 Å². The Morgan fingerprint density at radius 1 is 1.41 bits per heavy atom. The largest absolute Gasteiger partial charge is 0.316 e. The number of thiophene rings is 1. The van der Waals surface area contributed by atoms with Crippen LogP contribution >= 0.6 is 11.3 Å². The van der Waals surface area contributed by atoms with Crippen molar-refractivity contribution in [1.29, 1.82) is 0 Å². The SMILES string of the molecule is CN(Cc1cccs1)[C@@H]1CCC[C@H]2CNC[C@H]21. The van der Waals surface area contributed by atoms with Gasteiger partial charge in [-0.25, -0.2) is 0 Å². The fourth-order valence-electron chi connectivity index (χ4n) is 3.64. The van der Waals surface area contributed by atoms with E-state index in [1.165, 1.54) is 37.2 Å². The fraction of sp³-hybridized carbons (Fsp3) is 0.714. The fourth-order valence-corrected chi connectivity index (χ4v) is 4.40. The molecule has 17 heavy (non-hydrogen) atoms. The highest BCUT2D eigenvalue weighted by Crippen LogP contribution is 2.35. The van der Waals surface area contributed by atoms with Gasteiger partial charge in [0, 0.05) is 17.5 Å². The molecule has 1 aliphatic carbocycles. The molecule has 1 aromatic rings. The summed E-state index contributed by atoms with van der Waals surface area (Å²) in [5.74, 6) is 1.84. The highest BCUT2D eigenvalue weighted by atomic mass is 32.1. The molecular weight excluding hydrogens is 228 g/mol. The van der Waals surface area contributed by atoms with Crippen LogP contribution in [0.3, 0.4) is 0 Å². The molecule has 0 unspecified atom stereocenters. The summed E-state index contributed by atoms with van der Waals surface area (Å²) in [7, 11) is 2.31. The minimum absolute atomic E-state index is 0.797. The Morgan fingerprint density at radius 3 is 3.18 bits per heavy atom. The van der Waals surface area contributed by atoms with Crippen molar-refractivity contribution in [3.05, 3.63) is 22.4 Å². The van der Waals surface area contributed by atoms with Crippen molar-refractivity contribution >= 4 is 11.3 Å². The molecule has 2 fully saturated rings. The molecule has 2 nitrogen and oxygen atoms in total. The molecule has 94 valence electrons. The van der Waals surface area contributed by atoms with Crippen LogP contribution in [0.15, 0.2) is 17.5 Å². The van der Waals surface area contributed by atoms with E-state index >= 15 is 0 Å². The van der Waals surface area contributed by atoms with E-state index in [9.17, 15) is 0 Å². The Morgan fingerprint density at radius 2 is 2.35 bits per heavy atom. The van der Waals surface area contributed by atoms with Gasteiger partial charge in [0.05, 0.1) is 0 Å². The standard InChI is InChI=1S/C14H22N2S/c1-16(10-12-5-3-7-17-12)14-6-2-4-11-8-15-9-13(11)14/h3,5,7,11,13-15H,2,4,6,8-10H2,1H3/t11-,13+,14+/m0/s1. The summed E-state index contributed by atoms with van der Waals surface area (Å²) in [6, 6.07) is 5.22. The third-order valence-electron chi connectivity index (χ3n) is 4.51. The number of fused-ring (bicyclic) bond motifs is 1. The van der Waals surface area contributed by atoms with E-state index in [4.69, 9.17) is 0 Å². The zero-order valence-corrected chi connectivity index (χ0v) is 11.4. The number of hydrogen-bond acceptors (Lipinski definition) is 3. The van der Waals surface area contributed by atoms with Crippen molar-refractivity contribution in [3.63, 3.8) is 0 Å². The third-order valence-corrected chi connectivity index (χ3v) is 5.37. The van der Waals surface area contributed by atoms with Crippen molar-refractivity contribution in [2.75, 3.05) is 20.1 Å². The van der Waals surface area contributed by atoms with Gasteiger partial charge in [0.1, 0.15) is 0 Å². The first-order chi connectivity index (χ1) is 8.34. The zero-order chi connectivity index (χ0) is 11.7. The molecule has 0 aromatic carbocycles. The predicted molar refractivity (Wildman–Crippen MR) is 73.3 cm³/mol. The maximum Gasteiger partial charge on any atom is 0.0327 e. The van der Waals surface area contributed by atoms with Gasteiger partial charge >= 0.3 is 0 Å². The summed E-state index contributed by atoms with van der Waals surface area (Å²) in [5.41, 5.74) is 0.